The average molecular weight is 279 g/mol. The van der Waals surface area contributed by atoms with Crippen molar-refractivity contribution in [1.82, 2.24) is 9.88 Å². The number of carbonyl (C=O) groups is 1. The zero-order valence-electron chi connectivity index (χ0n) is 12.3. The summed E-state index contributed by atoms with van der Waals surface area (Å²) in [6.07, 6.45) is 3.15. The molecule has 5 heteroatoms. The molecular weight excluding hydrogens is 257 g/mol. The molecular formula is C15H22FN3O. The summed E-state index contributed by atoms with van der Waals surface area (Å²) < 4.78 is 13.3. The van der Waals surface area contributed by atoms with E-state index in [0.29, 0.717) is 23.2 Å². The van der Waals surface area contributed by atoms with Crippen molar-refractivity contribution in [3.63, 3.8) is 0 Å². The highest BCUT2D eigenvalue weighted by Crippen LogP contribution is 2.26. The molecule has 0 unspecified atom stereocenters. The smallest absolute Gasteiger partial charge is 0.257 e. The third-order valence-electron chi connectivity index (χ3n) is 4.09. The molecule has 2 heterocycles. The Kier molecular flexibility index (Phi) is 4.57. The van der Waals surface area contributed by atoms with Crippen LogP contribution in [0.4, 0.5) is 10.2 Å². The molecule has 0 saturated carbocycles. The van der Waals surface area contributed by atoms with Gasteiger partial charge in [0.05, 0.1) is 11.8 Å². The summed E-state index contributed by atoms with van der Waals surface area (Å²) in [5, 5.41) is 2.84. The summed E-state index contributed by atoms with van der Waals surface area (Å²) in [6.45, 7) is 5.91. The van der Waals surface area contributed by atoms with E-state index in [-0.39, 0.29) is 5.91 Å². The molecule has 1 fully saturated rings. The summed E-state index contributed by atoms with van der Waals surface area (Å²) in [5.41, 5.74) is 0.315. The van der Waals surface area contributed by atoms with Gasteiger partial charge in [0.2, 0.25) is 0 Å². The lowest BCUT2D eigenvalue weighted by molar-refractivity contribution is 0.0668. The summed E-state index contributed by atoms with van der Waals surface area (Å²) in [4.78, 5) is 18.2. The number of piperidine rings is 1. The number of rotatable bonds is 3. The number of aromatic nitrogens is 1. The fraction of sp³-hybridized carbons (Fsp3) is 0.600. The van der Waals surface area contributed by atoms with Crippen LogP contribution in [0, 0.1) is 17.7 Å². The van der Waals surface area contributed by atoms with Gasteiger partial charge in [-0.1, -0.05) is 13.8 Å². The minimum absolute atomic E-state index is 0.136. The summed E-state index contributed by atoms with van der Waals surface area (Å²) in [5.74, 6) is 1.14. The Morgan fingerprint density at radius 3 is 2.65 bits per heavy atom. The molecule has 1 aliphatic rings. The summed E-state index contributed by atoms with van der Waals surface area (Å²) in [7, 11) is 1.68. The highest BCUT2D eigenvalue weighted by molar-refractivity contribution is 5.98. The molecule has 0 bridgehead atoms. The van der Waals surface area contributed by atoms with Gasteiger partial charge in [0.15, 0.2) is 0 Å². The van der Waals surface area contributed by atoms with Crippen LogP contribution in [0.25, 0.3) is 0 Å². The number of nitrogens with zero attached hydrogens (tertiary/aromatic N) is 2. The number of pyridine rings is 1. The molecule has 4 nitrogen and oxygen atoms in total. The van der Waals surface area contributed by atoms with Gasteiger partial charge in [0.1, 0.15) is 11.6 Å². The molecule has 1 aliphatic heterocycles. The lowest BCUT2D eigenvalue weighted by Gasteiger charge is -2.34. The Hall–Kier alpha value is -1.65. The fourth-order valence-corrected chi connectivity index (χ4v) is 2.74. The second kappa shape index (κ2) is 6.20. The largest absolute Gasteiger partial charge is 0.372 e. The average Bonchev–Trinajstić information content (AvgIpc) is 2.46. The highest BCUT2D eigenvalue weighted by Gasteiger charge is 2.26. The van der Waals surface area contributed by atoms with Crippen molar-refractivity contribution < 1.29 is 9.18 Å². The first-order chi connectivity index (χ1) is 9.52. The van der Waals surface area contributed by atoms with Crippen LogP contribution in [-0.4, -0.2) is 35.9 Å². The Bertz CT molecular complexity index is 482. The van der Waals surface area contributed by atoms with E-state index >= 15 is 0 Å². The normalized spacial score (nSPS) is 16.6. The Labute approximate surface area is 119 Å². The fourth-order valence-electron chi connectivity index (χ4n) is 2.74. The molecule has 0 radical (unpaired) electrons. The van der Waals surface area contributed by atoms with Gasteiger partial charge in [-0.25, -0.2) is 9.37 Å². The topological polar surface area (TPSA) is 45.2 Å². The molecule has 20 heavy (non-hydrogen) atoms. The minimum Gasteiger partial charge on any atom is -0.372 e. The van der Waals surface area contributed by atoms with E-state index < -0.39 is 5.82 Å². The monoisotopic (exact) mass is 279 g/mol. The van der Waals surface area contributed by atoms with Gasteiger partial charge >= 0.3 is 0 Å². The van der Waals surface area contributed by atoms with E-state index in [1.54, 1.807) is 11.9 Å². The first kappa shape index (κ1) is 14.8. The number of likely N-dealkylation sites (tertiary alicyclic amines) is 1. The number of anilines is 1. The van der Waals surface area contributed by atoms with Crippen molar-refractivity contribution in [2.24, 2.45) is 11.8 Å². The molecule has 1 saturated heterocycles. The lowest BCUT2D eigenvalue weighted by Crippen LogP contribution is -2.39. The molecule has 2 rings (SSSR count). The number of amides is 1. The van der Waals surface area contributed by atoms with Crippen molar-refractivity contribution >= 4 is 11.7 Å². The quantitative estimate of drug-likeness (QED) is 0.925. The number of hydrogen-bond acceptors (Lipinski definition) is 3. The molecule has 0 atom stereocenters. The molecule has 1 N–H and O–H groups in total. The van der Waals surface area contributed by atoms with E-state index in [0.717, 1.165) is 32.1 Å². The minimum atomic E-state index is -0.482. The number of halogens is 1. The SMILES string of the molecule is CNc1ncc(F)cc1C(=O)N1CCC(C(C)C)CC1. The maximum Gasteiger partial charge on any atom is 0.257 e. The second-order valence-electron chi connectivity index (χ2n) is 5.67. The van der Waals surface area contributed by atoms with Gasteiger partial charge in [0, 0.05) is 20.1 Å². The van der Waals surface area contributed by atoms with E-state index in [4.69, 9.17) is 0 Å². The molecule has 0 spiro atoms. The van der Waals surface area contributed by atoms with Crippen LogP contribution < -0.4 is 5.32 Å². The molecule has 1 aromatic rings. The van der Waals surface area contributed by atoms with Crippen LogP contribution in [0.5, 0.6) is 0 Å². The molecule has 1 amide bonds. The van der Waals surface area contributed by atoms with Crippen molar-refractivity contribution in [1.29, 1.82) is 0 Å². The molecule has 110 valence electrons. The maximum atomic E-state index is 13.3. The summed E-state index contributed by atoms with van der Waals surface area (Å²) in [6, 6.07) is 1.26. The first-order valence-corrected chi connectivity index (χ1v) is 7.15. The lowest BCUT2D eigenvalue weighted by atomic mass is 9.86. The van der Waals surface area contributed by atoms with Gasteiger partial charge in [-0.2, -0.15) is 0 Å². The number of hydrogen-bond donors (Lipinski definition) is 1. The van der Waals surface area contributed by atoms with E-state index in [1.807, 2.05) is 0 Å². The van der Waals surface area contributed by atoms with Gasteiger partial charge in [-0.15, -0.1) is 0 Å². The van der Waals surface area contributed by atoms with Crippen molar-refractivity contribution in [2.75, 3.05) is 25.5 Å². The number of nitrogens with one attached hydrogen (secondary N) is 1. The predicted molar refractivity (Wildman–Crippen MR) is 77.2 cm³/mol. The van der Waals surface area contributed by atoms with E-state index in [9.17, 15) is 9.18 Å². The third-order valence-corrected chi connectivity index (χ3v) is 4.09. The van der Waals surface area contributed by atoms with Gasteiger partial charge in [0.25, 0.3) is 5.91 Å². The van der Waals surface area contributed by atoms with E-state index in [1.165, 1.54) is 6.07 Å². The van der Waals surface area contributed by atoms with Crippen molar-refractivity contribution in [3.8, 4) is 0 Å². The zero-order chi connectivity index (χ0) is 14.7. The predicted octanol–water partition coefficient (Wildman–Crippen LogP) is 2.77. The Morgan fingerprint density at radius 2 is 2.10 bits per heavy atom. The van der Waals surface area contributed by atoms with Crippen molar-refractivity contribution in [3.05, 3.63) is 23.6 Å². The zero-order valence-corrected chi connectivity index (χ0v) is 12.3. The second-order valence-corrected chi connectivity index (χ2v) is 5.67. The van der Waals surface area contributed by atoms with Crippen LogP contribution in [0.3, 0.4) is 0 Å². The third kappa shape index (κ3) is 3.08. The first-order valence-electron chi connectivity index (χ1n) is 7.15. The molecule has 1 aromatic heterocycles. The Morgan fingerprint density at radius 1 is 1.45 bits per heavy atom. The van der Waals surface area contributed by atoms with Gasteiger partial charge in [-0.05, 0) is 30.7 Å². The Balaban J connectivity index is 2.11. The molecule has 0 aromatic carbocycles. The van der Waals surface area contributed by atoms with E-state index in [2.05, 4.69) is 24.1 Å². The summed E-state index contributed by atoms with van der Waals surface area (Å²) >= 11 is 0. The highest BCUT2D eigenvalue weighted by atomic mass is 19.1. The van der Waals surface area contributed by atoms with Crippen LogP contribution in [0.15, 0.2) is 12.3 Å². The van der Waals surface area contributed by atoms with Crippen molar-refractivity contribution in [2.45, 2.75) is 26.7 Å². The molecule has 0 aliphatic carbocycles. The van der Waals surface area contributed by atoms with Crippen LogP contribution in [0.2, 0.25) is 0 Å². The van der Waals surface area contributed by atoms with Gasteiger partial charge in [-0.3, -0.25) is 4.79 Å². The van der Waals surface area contributed by atoms with Crippen LogP contribution >= 0.6 is 0 Å². The van der Waals surface area contributed by atoms with Crippen LogP contribution in [0.1, 0.15) is 37.0 Å². The standard InChI is InChI=1S/C15H22FN3O/c1-10(2)11-4-6-19(7-5-11)15(20)13-8-12(16)9-18-14(13)17-3/h8-11H,4-7H2,1-3H3,(H,17,18). The van der Waals surface area contributed by atoms with Crippen LogP contribution in [-0.2, 0) is 0 Å². The number of carbonyl (C=O) groups excluding carboxylic acids is 1. The maximum absolute atomic E-state index is 13.3. The van der Waals surface area contributed by atoms with Gasteiger partial charge < -0.3 is 10.2 Å².